The molecule has 0 N–H and O–H groups in total. The van der Waals surface area contributed by atoms with E-state index in [4.69, 9.17) is 9.47 Å². The Labute approximate surface area is 176 Å². The van der Waals surface area contributed by atoms with Gasteiger partial charge in [-0.25, -0.2) is 8.42 Å². The van der Waals surface area contributed by atoms with E-state index in [-0.39, 0.29) is 18.0 Å². The minimum Gasteiger partial charge on any atom is -0.493 e. The summed E-state index contributed by atoms with van der Waals surface area (Å²) in [5, 5.41) is 11.2. The highest BCUT2D eigenvalue weighted by atomic mass is 32.2. The third-order valence-electron chi connectivity index (χ3n) is 4.95. The number of benzene rings is 2. The largest absolute Gasteiger partial charge is 0.493 e. The van der Waals surface area contributed by atoms with Gasteiger partial charge in [-0.2, -0.15) is 4.31 Å². The highest BCUT2D eigenvalue weighted by Gasteiger charge is 2.33. The van der Waals surface area contributed by atoms with E-state index in [1.807, 2.05) is 25.1 Å². The Morgan fingerprint density at radius 1 is 1.07 bits per heavy atom. The van der Waals surface area contributed by atoms with Gasteiger partial charge in [-0.1, -0.05) is 18.2 Å². The highest BCUT2D eigenvalue weighted by Crippen LogP contribution is 2.29. The third-order valence-corrected chi connectivity index (χ3v) is 6.89. The molecule has 9 nitrogen and oxygen atoms in total. The molecule has 3 rings (SSSR count). The van der Waals surface area contributed by atoms with Crippen molar-refractivity contribution in [3.05, 3.63) is 58.1 Å². The lowest BCUT2D eigenvalue weighted by molar-refractivity contribution is -0.387. The number of nitro benzene ring substituents is 1. The smallest absolute Gasteiger partial charge is 0.289 e. The van der Waals surface area contributed by atoms with Gasteiger partial charge in [0.05, 0.1) is 18.6 Å². The summed E-state index contributed by atoms with van der Waals surface area (Å²) in [6, 6.07) is 11.2. The van der Waals surface area contributed by atoms with Gasteiger partial charge in [-0.05, 0) is 30.7 Å². The summed E-state index contributed by atoms with van der Waals surface area (Å²) < 4.78 is 38.1. The number of methoxy groups -OCH3 is 1. The zero-order chi connectivity index (χ0) is 21.7. The molecule has 0 spiro atoms. The average Bonchev–Trinajstić information content (AvgIpc) is 2.75. The Hall–Kier alpha value is -2.69. The number of sulfonamides is 1. The number of nitro groups is 1. The Morgan fingerprint density at radius 2 is 1.77 bits per heavy atom. The number of piperazine rings is 1. The van der Waals surface area contributed by atoms with Crippen molar-refractivity contribution in [2.45, 2.75) is 18.4 Å². The SMILES string of the molecule is CCOc1ccc(CN2CCN(S(=O)(=O)c3ccccc3[N+](=O)[O-])CC2)cc1OC. The minimum absolute atomic E-state index is 0.264. The fourth-order valence-corrected chi connectivity index (χ4v) is 5.02. The van der Waals surface area contributed by atoms with Gasteiger partial charge in [-0.3, -0.25) is 15.0 Å². The van der Waals surface area contributed by atoms with Crippen LogP contribution in [-0.4, -0.2) is 62.4 Å². The van der Waals surface area contributed by atoms with E-state index in [1.165, 1.54) is 28.6 Å². The summed E-state index contributed by atoms with van der Waals surface area (Å²) in [5.74, 6) is 1.34. The lowest BCUT2D eigenvalue weighted by Gasteiger charge is -2.34. The van der Waals surface area contributed by atoms with Crippen LogP contribution in [-0.2, 0) is 16.6 Å². The third kappa shape index (κ3) is 4.72. The van der Waals surface area contributed by atoms with Crippen molar-refractivity contribution in [1.29, 1.82) is 0 Å². The maximum atomic E-state index is 12.9. The van der Waals surface area contributed by atoms with Crippen molar-refractivity contribution in [3.8, 4) is 11.5 Å². The summed E-state index contributed by atoms with van der Waals surface area (Å²) in [5.41, 5.74) is 0.631. The standard InChI is InChI=1S/C20H25N3O6S/c1-3-29-18-9-8-16(14-19(18)28-2)15-21-10-12-22(13-11-21)30(26,27)20-7-5-4-6-17(20)23(24)25/h4-9,14H,3,10-13,15H2,1-2H3. The minimum atomic E-state index is -3.93. The molecule has 1 saturated heterocycles. The van der Waals surface area contributed by atoms with Crippen LogP contribution in [0.15, 0.2) is 47.4 Å². The van der Waals surface area contributed by atoms with Crippen molar-refractivity contribution in [3.63, 3.8) is 0 Å². The first-order valence-corrected chi connectivity index (χ1v) is 11.1. The average molecular weight is 436 g/mol. The Bertz CT molecular complexity index is 1000. The van der Waals surface area contributed by atoms with Gasteiger partial charge in [0.25, 0.3) is 5.69 Å². The van der Waals surface area contributed by atoms with Crippen LogP contribution in [0.3, 0.4) is 0 Å². The predicted molar refractivity (Wildman–Crippen MR) is 111 cm³/mol. The van der Waals surface area contributed by atoms with Crippen LogP contribution < -0.4 is 9.47 Å². The maximum Gasteiger partial charge on any atom is 0.289 e. The number of para-hydroxylation sites is 1. The second-order valence-electron chi connectivity index (χ2n) is 6.82. The summed E-state index contributed by atoms with van der Waals surface area (Å²) >= 11 is 0. The zero-order valence-electron chi connectivity index (χ0n) is 17.0. The lowest BCUT2D eigenvalue weighted by Crippen LogP contribution is -2.48. The molecule has 1 fully saturated rings. The van der Waals surface area contributed by atoms with Crippen LogP contribution >= 0.6 is 0 Å². The van der Waals surface area contributed by atoms with Crippen molar-refractivity contribution in [2.24, 2.45) is 0 Å². The molecule has 30 heavy (non-hydrogen) atoms. The molecule has 0 aromatic heterocycles. The monoisotopic (exact) mass is 435 g/mol. The van der Waals surface area contributed by atoms with Crippen molar-refractivity contribution >= 4 is 15.7 Å². The van der Waals surface area contributed by atoms with Crippen molar-refractivity contribution < 1.29 is 22.8 Å². The van der Waals surface area contributed by atoms with E-state index in [0.717, 1.165) is 5.56 Å². The second kappa shape index (κ2) is 9.41. The first-order valence-electron chi connectivity index (χ1n) is 9.62. The normalized spacial score (nSPS) is 15.7. The van der Waals surface area contributed by atoms with Gasteiger partial charge >= 0.3 is 0 Å². The molecule has 1 heterocycles. The lowest BCUT2D eigenvalue weighted by atomic mass is 10.1. The zero-order valence-corrected chi connectivity index (χ0v) is 17.8. The Kier molecular flexibility index (Phi) is 6.91. The summed E-state index contributed by atoms with van der Waals surface area (Å²) in [6.45, 7) is 4.68. The molecule has 2 aromatic rings. The van der Waals surface area contributed by atoms with Gasteiger partial charge in [0.1, 0.15) is 0 Å². The Balaban J connectivity index is 1.67. The fourth-order valence-electron chi connectivity index (χ4n) is 3.44. The number of nitrogens with zero attached hydrogens (tertiary/aromatic N) is 3. The van der Waals surface area contributed by atoms with Crippen LogP contribution in [0.1, 0.15) is 12.5 Å². The van der Waals surface area contributed by atoms with E-state index in [1.54, 1.807) is 7.11 Å². The molecule has 162 valence electrons. The van der Waals surface area contributed by atoms with E-state index >= 15 is 0 Å². The summed E-state index contributed by atoms with van der Waals surface area (Å²) in [7, 11) is -2.34. The van der Waals surface area contributed by atoms with Crippen LogP contribution in [0, 0.1) is 10.1 Å². The molecule has 2 aromatic carbocycles. The van der Waals surface area contributed by atoms with E-state index in [0.29, 0.717) is 37.7 Å². The van der Waals surface area contributed by atoms with Gasteiger partial charge in [0, 0.05) is 38.8 Å². The topological polar surface area (TPSA) is 102 Å². The van der Waals surface area contributed by atoms with Crippen LogP contribution in [0.2, 0.25) is 0 Å². The van der Waals surface area contributed by atoms with Crippen LogP contribution in [0.25, 0.3) is 0 Å². The van der Waals surface area contributed by atoms with Gasteiger partial charge in [0.2, 0.25) is 10.0 Å². The first kappa shape index (κ1) is 22.0. The quantitative estimate of drug-likeness (QED) is 0.464. The first-order chi connectivity index (χ1) is 14.4. The second-order valence-corrected chi connectivity index (χ2v) is 8.73. The van der Waals surface area contributed by atoms with Crippen molar-refractivity contribution in [1.82, 2.24) is 9.21 Å². The predicted octanol–water partition coefficient (Wildman–Crippen LogP) is 2.51. The molecule has 0 radical (unpaired) electrons. The number of hydrogen-bond acceptors (Lipinski definition) is 7. The molecular formula is C20H25N3O6S. The molecule has 10 heteroatoms. The number of hydrogen-bond donors (Lipinski definition) is 0. The van der Waals surface area contributed by atoms with Gasteiger partial charge in [0.15, 0.2) is 16.4 Å². The van der Waals surface area contributed by atoms with Crippen LogP contribution in [0.5, 0.6) is 11.5 Å². The molecule has 0 unspecified atom stereocenters. The maximum absolute atomic E-state index is 12.9. The number of ether oxygens (including phenoxy) is 2. The Morgan fingerprint density at radius 3 is 2.40 bits per heavy atom. The van der Waals surface area contributed by atoms with Gasteiger partial charge in [-0.15, -0.1) is 0 Å². The van der Waals surface area contributed by atoms with Gasteiger partial charge < -0.3 is 9.47 Å². The molecule has 1 aliphatic rings. The molecule has 0 amide bonds. The molecule has 0 bridgehead atoms. The van der Waals surface area contributed by atoms with Crippen LogP contribution in [0.4, 0.5) is 5.69 Å². The van der Waals surface area contributed by atoms with E-state index in [2.05, 4.69) is 4.90 Å². The molecular weight excluding hydrogens is 410 g/mol. The molecule has 0 aliphatic carbocycles. The molecule has 0 atom stereocenters. The van der Waals surface area contributed by atoms with E-state index < -0.39 is 20.6 Å². The molecule has 1 aliphatic heterocycles. The summed E-state index contributed by atoms with van der Waals surface area (Å²) in [4.78, 5) is 12.4. The molecule has 0 saturated carbocycles. The van der Waals surface area contributed by atoms with E-state index in [9.17, 15) is 18.5 Å². The highest BCUT2D eigenvalue weighted by molar-refractivity contribution is 7.89. The summed E-state index contributed by atoms with van der Waals surface area (Å²) in [6.07, 6.45) is 0. The fraction of sp³-hybridized carbons (Fsp3) is 0.400. The number of rotatable bonds is 8. The van der Waals surface area contributed by atoms with Crippen molar-refractivity contribution in [2.75, 3.05) is 39.9 Å².